The summed E-state index contributed by atoms with van der Waals surface area (Å²) in [5, 5.41) is 0.664. The number of carbonyl (C=O) groups is 1. The maximum absolute atomic E-state index is 11.8. The molecule has 0 unspecified atom stereocenters. The summed E-state index contributed by atoms with van der Waals surface area (Å²) in [5.74, 6) is 0.289. The zero-order valence-electron chi connectivity index (χ0n) is 13.9. The Labute approximate surface area is 155 Å². The van der Waals surface area contributed by atoms with Gasteiger partial charge in [-0.1, -0.05) is 48.0 Å². The molecule has 0 saturated heterocycles. The van der Waals surface area contributed by atoms with Crippen LogP contribution in [-0.4, -0.2) is 15.5 Å². The van der Waals surface area contributed by atoms with Gasteiger partial charge in [0.05, 0.1) is 11.1 Å². The smallest absolute Gasteiger partial charge is 0.250 e. The lowest BCUT2D eigenvalue weighted by atomic mass is 10.1. The average Bonchev–Trinajstić information content (AvgIpc) is 3.01. The minimum atomic E-state index is -0.484. The lowest BCUT2D eigenvalue weighted by Gasteiger charge is -2.10. The number of hydrogen-bond acceptors (Lipinski definition) is 2. The van der Waals surface area contributed by atoms with Crippen LogP contribution in [0.2, 0.25) is 5.02 Å². The summed E-state index contributed by atoms with van der Waals surface area (Å²) in [5.41, 5.74) is 9.52. The molecule has 1 aromatic heterocycles. The Morgan fingerprint density at radius 3 is 2.38 bits per heavy atom. The highest BCUT2D eigenvalue weighted by molar-refractivity contribution is 6.30. The molecule has 4 rings (SSSR count). The molecule has 0 bridgehead atoms. The molecule has 0 radical (unpaired) electrons. The van der Waals surface area contributed by atoms with Crippen molar-refractivity contribution in [1.82, 2.24) is 9.55 Å². The molecule has 3 aromatic carbocycles. The van der Waals surface area contributed by atoms with E-state index in [0.29, 0.717) is 22.6 Å². The first-order valence-corrected chi connectivity index (χ1v) is 8.60. The summed E-state index contributed by atoms with van der Waals surface area (Å²) in [7, 11) is 0. The highest BCUT2D eigenvalue weighted by Gasteiger charge is 2.17. The fraction of sp³-hybridized carbons (Fsp3) is 0.0476. The van der Waals surface area contributed by atoms with Crippen LogP contribution >= 0.6 is 11.6 Å². The first kappa shape index (κ1) is 16.4. The average molecular weight is 362 g/mol. The SMILES string of the molecule is NC(=O)c1cccc2c1nc(-c1ccc(Cl)cc1)n2Cc1ccccc1. The van der Waals surface area contributed by atoms with Crippen molar-refractivity contribution in [3.63, 3.8) is 0 Å². The highest BCUT2D eigenvalue weighted by atomic mass is 35.5. The van der Waals surface area contributed by atoms with Gasteiger partial charge in [0.25, 0.3) is 5.91 Å². The van der Waals surface area contributed by atoms with Crippen LogP contribution in [0.15, 0.2) is 72.8 Å². The van der Waals surface area contributed by atoms with Crippen LogP contribution in [0, 0.1) is 0 Å². The Kier molecular flexibility index (Phi) is 4.19. The molecule has 4 nitrogen and oxygen atoms in total. The van der Waals surface area contributed by atoms with Gasteiger partial charge in [0.2, 0.25) is 0 Å². The number of aromatic nitrogens is 2. The van der Waals surface area contributed by atoms with E-state index in [1.165, 1.54) is 0 Å². The van der Waals surface area contributed by atoms with Gasteiger partial charge in [0.1, 0.15) is 11.3 Å². The summed E-state index contributed by atoms with van der Waals surface area (Å²) in [4.78, 5) is 16.6. The van der Waals surface area contributed by atoms with Crippen molar-refractivity contribution in [1.29, 1.82) is 0 Å². The predicted molar refractivity (Wildman–Crippen MR) is 104 cm³/mol. The van der Waals surface area contributed by atoms with Crippen molar-refractivity contribution in [3.05, 3.63) is 88.9 Å². The van der Waals surface area contributed by atoms with Crippen molar-refractivity contribution < 1.29 is 4.79 Å². The third kappa shape index (κ3) is 2.95. The number of rotatable bonds is 4. The molecule has 1 amide bonds. The molecular weight excluding hydrogens is 346 g/mol. The zero-order valence-corrected chi connectivity index (χ0v) is 14.6. The van der Waals surface area contributed by atoms with E-state index in [1.807, 2.05) is 54.6 Å². The topological polar surface area (TPSA) is 60.9 Å². The number of para-hydroxylation sites is 1. The van der Waals surface area contributed by atoms with Crippen LogP contribution in [-0.2, 0) is 6.54 Å². The molecular formula is C21H16ClN3O. The van der Waals surface area contributed by atoms with Gasteiger partial charge in [-0.05, 0) is 42.0 Å². The first-order valence-electron chi connectivity index (χ1n) is 8.22. The minimum absolute atomic E-state index is 0.421. The number of nitrogens with zero attached hydrogens (tertiary/aromatic N) is 2. The molecule has 5 heteroatoms. The minimum Gasteiger partial charge on any atom is -0.366 e. The van der Waals surface area contributed by atoms with E-state index >= 15 is 0 Å². The van der Waals surface area contributed by atoms with E-state index in [2.05, 4.69) is 16.7 Å². The summed E-state index contributed by atoms with van der Waals surface area (Å²) in [6.45, 7) is 0.636. The summed E-state index contributed by atoms with van der Waals surface area (Å²) in [6, 6.07) is 23.1. The number of amides is 1. The Balaban J connectivity index is 1.96. The van der Waals surface area contributed by atoms with E-state index in [4.69, 9.17) is 22.3 Å². The van der Waals surface area contributed by atoms with Crippen molar-refractivity contribution in [2.24, 2.45) is 5.73 Å². The number of carbonyl (C=O) groups excluding carboxylic acids is 1. The number of hydrogen-bond donors (Lipinski definition) is 1. The molecule has 0 spiro atoms. The van der Waals surface area contributed by atoms with Gasteiger partial charge in [-0.2, -0.15) is 0 Å². The molecule has 2 N–H and O–H groups in total. The standard InChI is InChI=1S/C21H16ClN3O/c22-16-11-9-15(10-12-16)21-24-19-17(20(23)26)7-4-8-18(19)25(21)13-14-5-2-1-3-6-14/h1-12H,13H2,(H2,23,26). The second kappa shape index (κ2) is 6.65. The number of fused-ring (bicyclic) bond motifs is 1. The predicted octanol–water partition coefficient (Wildman–Crippen LogP) is 4.50. The first-order chi connectivity index (χ1) is 12.6. The van der Waals surface area contributed by atoms with E-state index in [-0.39, 0.29) is 0 Å². The van der Waals surface area contributed by atoms with E-state index in [9.17, 15) is 4.79 Å². The number of benzene rings is 3. The Morgan fingerprint density at radius 1 is 0.962 bits per heavy atom. The normalized spacial score (nSPS) is 11.0. The zero-order chi connectivity index (χ0) is 18.1. The molecule has 0 aliphatic carbocycles. The molecule has 4 aromatic rings. The van der Waals surface area contributed by atoms with Crippen molar-refractivity contribution >= 4 is 28.5 Å². The lowest BCUT2D eigenvalue weighted by Crippen LogP contribution is -2.11. The van der Waals surface area contributed by atoms with Crippen LogP contribution in [0.3, 0.4) is 0 Å². The maximum atomic E-state index is 11.8. The second-order valence-electron chi connectivity index (χ2n) is 6.05. The van der Waals surface area contributed by atoms with Gasteiger partial charge in [0, 0.05) is 17.1 Å². The largest absolute Gasteiger partial charge is 0.366 e. The molecule has 1 heterocycles. The molecule has 128 valence electrons. The monoisotopic (exact) mass is 361 g/mol. The van der Waals surface area contributed by atoms with Crippen LogP contribution in [0.5, 0.6) is 0 Å². The molecule has 0 aliphatic heterocycles. The maximum Gasteiger partial charge on any atom is 0.250 e. The van der Waals surface area contributed by atoms with Gasteiger partial charge >= 0.3 is 0 Å². The van der Waals surface area contributed by atoms with Crippen LogP contribution in [0.25, 0.3) is 22.4 Å². The van der Waals surface area contributed by atoms with Crippen molar-refractivity contribution in [2.45, 2.75) is 6.54 Å². The van der Waals surface area contributed by atoms with E-state index in [0.717, 1.165) is 22.5 Å². The molecule has 0 fully saturated rings. The van der Waals surface area contributed by atoms with Gasteiger partial charge < -0.3 is 10.3 Å². The Bertz CT molecular complexity index is 1090. The number of halogens is 1. The number of primary amides is 1. The molecule has 0 aliphatic rings. The van der Waals surface area contributed by atoms with Gasteiger partial charge in [-0.15, -0.1) is 0 Å². The van der Waals surface area contributed by atoms with Gasteiger partial charge in [0.15, 0.2) is 0 Å². The quantitative estimate of drug-likeness (QED) is 0.581. The second-order valence-corrected chi connectivity index (χ2v) is 6.49. The van der Waals surface area contributed by atoms with E-state index < -0.39 is 5.91 Å². The molecule has 0 saturated carbocycles. The van der Waals surface area contributed by atoms with Crippen LogP contribution in [0.1, 0.15) is 15.9 Å². The fourth-order valence-corrected chi connectivity index (χ4v) is 3.22. The van der Waals surface area contributed by atoms with Crippen LogP contribution in [0.4, 0.5) is 0 Å². The van der Waals surface area contributed by atoms with Crippen molar-refractivity contribution in [2.75, 3.05) is 0 Å². The lowest BCUT2D eigenvalue weighted by molar-refractivity contribution is 0.100. The molecule has 26 heavy (non-hydrogen) atoms. The Morgan fingerprint density at radius 2 is 1.69 bits per heavy atom. The fourth-order valence-electron chi connectivity index (χ4n) is 3.09. The van der Waals surface area contributed by atoms with Crippen LogP contribution < -0.4 is 5.73 Å². The number of nitrogens with two attached hydrogens (primary N) is 1. The van der Waals surface area contributed by atoms with Gasteiger partial charge in [-0.3, -0.25) is 4.79 Å². The summed E-state index contributed by atoms with van der Waals surface area (Å²) < 4.78 is 2.10. The summed E-state index contributed by atoms with van der Waals surface area (Å²) in [6.07, 6.45) is 0. The third-order valence-corrected chi connectivity index (χ3v) is 4.58. The van der Waals surface area contributed by atoms with Crippen molar-refractivity contribution in [3.8, 4) is 11.4 Å². The van der Waals surface area contributed by atoms with Gasteiger partial charge in [-0.25, -0.2) is 4.98 Å². The summed E-state index contributed by atoms with van der Waals surface area (Å²) >= 11 is 6.03. The number of imidazole rings is 1. The molecule has 0 atom stereocenters. The highest BCUT2D eigenvalue weighted by Crippen LogP contribution is 2.28. The third-order valence-electron chi connectivity index (χ3n) is 4.33. The van der Waals surface area contributed by atoms with E-state index in [1.54, 1.807) is 6.07 Å². The Hall–Kier alpha value is -3.11.